The zero-order valence-corrected chi connectivity index (χ0v) is 10.3. The van der Waals surface area contributed by atoms with Gasteiger partial charge in [-0.05, 0) is 24.1 Å². The van der Waals surface area contributed by atoms with Crippen molar-refractivity contribution in [3.63, 3.8) is 0 Å². The molecule has 1 aromatic rings. The van der Waals surface area contributed by atoms with Gasteiger partial charge in [0.1, 0.15) is 11.0 Å². The number of nitriles is 1. The molecule has 3 nitrogen and oxygen atoms in total. The standard InChI is InChI=1S/C9H8ClNO2S2/c1-2-6-3-7(14)4-9(8(6)5-11)15(10,12)13/h3-4,14H,2H2,1H3. The molecule has 0 aliphatic heterocycles. The van der Waals surface area contributed by atoms with E-state index in [1.165, 1.54) is 6.07 Å². The van der Waals surface area contributed by atoms with Crippen LogP contribution in [0.3, 0.4) is 0 Å². The van der Waals surface area contributed by atoms with Crippen molar-refractivity contribution in [2.45, 2.75) is 23.1 Å². The fourth-order valence-corrected chi connectivity index (χ4v) is 2.68. The topological polar surface area (TPSA) is 57.9 Å². The van der Waals surface area contributed by atoms with Crippen molar-refractivity contribution >= 4 is 32.4 Å². The van der Waals surface area contributed by atoms with Gasteiger partial charge in [-0.2, -0.15) is 5.26 Å². The van der Waals surface area contributed by atoms with Crippen LogP contribution in [0.25, 0.3) is 0 Å². The highest BCUT2D eigenvalue weighted by molar-refractivity contribution is 8.13. The summed E-state index contributed by atoms with van der Waals surface area (Å²) < 4.78 is 22.4. The van der Waals surface area contributed by atoms with E-state index in [2.05, 4.69) is 12.6 Å². The van der Waals surface area contributed by atoms with Crippen LogP contribution in [0, 0.1) is 11.3 Å². The minimum Gasteiger partial charge on any atom is -0.207 e. The molecule has 0 atom stereocenters. The summed E-state index contributed by atoms with van der Waals surface area (Å²) in [6, 6.07) is 4.79. The van der Waals surface area contributed by atoms with Gasteiger partial charge in [-0.1, -0.05) is 6.92 Å². The van der Waals surface area contributed by atoms with Crippen LogP contribution in [0.5, 0.6) is 0 Å². The van der Waals surface area contributed by atoms with E-state index in [1.54, 1.807) is 6.07 Å². The lowest BCUT2D eigenvalue weighted by Crippen LogP contribution is -1.99. The predicted molar refractivity (Wildman–Crippen MR) is 60.8 cm³/mol. The lowest BCUT2D eigenvalue weighted by Gasteiger charge is -2.06. The van der Waals surface area contributed by atoms with E-state index in [9.17, 15) is 8.42 Å². The van der Waals surface area contributed by atoms with Crippen molar-refractivity contribution in [2.24, 2.45) is 0 Å². The SMILES string of the molecule is CCc1cc(S)cc(S(=O)(=O)Cl)c1C#N. The predicted octanol–water partition coefficient (Wildman–Crippen LogP) is 2.34. The van der Waals surface area contributed by atoms with Crippen LogP contribution < -0.4 is 0 Å². The molecule has 0 heterocycles. The van der Waals surface area contributed by atoms with Gasteiger partial charge in [-0.15, -0.1) is 12.6 Å². The minimum absolute atomic E-state index is 0.102. The first-order chi connectivity index (χ1) is 6.90. The number of hydrogen-bond donors (Lipinski definition) is 1. The van der Waals surface area contributed by atoms with Crippen LogP contribution >= 0.6 is 23.3 Å². The van der Waals surface area contributed by atoms with Gasteiger partial charge in [0.25, 0.3) is 9.05 Å². The van der Waals surface area contributed by atoms with Crippen LogP contribution in [0.4, 0.5) is 0 Å². The van der Waals surface area contributed by atoms with Gasteiger partial charge in [-0.25, -0.2) is 8.42 Å². The van der Waals surface area contributed by atoms with Crippen LogP contribution in [0.15, 0.2) is 21.9 Å². The molecule has 6 heteroatoms. The second kappa shape index (κ2) is 4.44. The quantitative estimate of drug-likeness (QED) is 0.657. The van der Waals surface area contributed by atoms with Crippen LogP contribution in [0.2, 0.25) is 0 Å². The smallest absolute Gasteiger partial charge is 0.207 e. The molecule has 1 rings (SSSR count). The molecule has 0 saturated carbocycles. The van der Waals surface area contributed by atoms with Crippen molar-refractivity contribution < 1.29 is 8.42 Å². The highest BCUT2D eigenvalue weighted by Crippen LogP contribution is 2.26. The first-order valence-electron chi connectivity index (χ1n) is 4.10. The van der Waals surface area contributed by atoms with E-state index in [4.69, 9.17) is 15.9 Å². The molecule has 0 spiro atoms. The fraction of sp³-hybridized carbons (Fsp3) is 0.222. The second-order valence-corrected chi connectivity index (χ2v) is 5.93. The highest BCUT2D eigenvalue weighted by Gasteiger charge is 2.18. The summed E-state index contributed by atoms with van der Waals surface area (Å²) in [6.45, 7) is 1.83. The Morgan fingerprint density at radius 2 is 2.13 bits per heavy atom. The number of hydrogen-bond acceptors (Lipinski definition) is 4. The number of aryl methyl sites for hydroxylation is 1. The Hall–Kier alpha value is -0.700. The Morgan fingerprint density at radius 1 is 1.53 bits per heavy atom. The zero-order valence-electron chi connectivity index (χ0n) is 7.86. The average molecular weight is 262 g/mol. The van der Waals surface area contributed by atoms with E-state index in [0.29, 0.717) is 16.9 Å². The van der Waals surface area contributed by atoms with Gasteiger partial charge < -0.3 is 0 Å². The summed E-state index contributed by atoms with van der Waals surface area (Å²) in [5, 5.41) is 8.89. The minimum atomic E-state index is -3.90. The Balaban J connectivity index is 3.66. The molecule has 0 amide bonds. The van der Waals surface area contributed by atoms with Crippen LogP contribution in [-0.4, -0.2) is 8.42 Å². The van der Waals surface area contributed by atoms with Gasteiger partial charge in [0.05, 0.1) is 5.56 Å². The van der Waals surface area contributed by atoms with Crippen LogP contribution in [-0.2, 0) is 15.5 Å². The molecule has 0 saturated heterocycles. The maximum absolute atomic E-state index is 11.2. The van der Waals surface area contributed by atoms with E-state index in [1.807, 2.05) is 13.0 Å². The summed E-state index contributed by atoms with van der Waals surface area (Å²) in [7, 11) is 1.33. The average Bonchev–Trinajstić information content (AvgIpc) is 2.15. The molecule has 0 unspecified atom stereocenters. The molecule has 0 aliphatic carbocycles. The number of rotatable bonds is 2. The van der Waals surface area contributed by atoms with Crippen molar-refractivity contribution in [3.05, 3.63) is 23.3 Å². The number of halogens is 1. The Kier molecular flexibility index (Phi) is 3.66. The molecule has 80 valence electrons. The first kappa shape index (κ1) is 12.4. The molecule has 15 heavy (non-hydrogen) atoms. The van der Waals surface area contributed by atoms with Gasteiger partial charge in [0.15, 0.2) is 0 Å². The summed E-state index contributed by atoms with van der Waals surface area (Å²) >= 11 is 4.06. The van der Waals surface area contributed by atoms with E-state index < -0.39 is 9.05 Å². The number of nitrogens with zero attached hydrogens (tertiary/aromatic N) is 1. The van der Waals surface area contributed by atoms with Crippen molar-refractivity contribution in [1.82, 2.24) is 0 Å². The largest absolute Gasteiger partial charge is 0.262 e. The third-order valence-corrected chi connectivity index (χ3v) is 3.53. The third kappa shape index (κ3) is 2.65. The monoisotopic (exact) mass is 261 g/mol. The molecular formula is C9H8ClNO2S2. The lowest BCUT2D eigenvalue weighted by atomic mass is 10.1. The summed E-state index contributed by atoms with van der Waals surface area (Å²) in [5.74, 6) is 0. The maximum Gasteiger partial charge on any atom is 0.262 e. The molecule has 0 aliphatic rings. The van der Waals surface area contributed by atoms with E-state index in [-0.39, 0.29) is 10.5 Å². The molecule has 0 fully saturated rings. The van der Waals surface area contributed by atoms with E-state index in [0.717, 1.165) is 0 Å². The highest BCUT2D eigenvalue weighted by atomic mass is 35.7. The Morgan fingerprint density at radius 3 is 2.53 bits per heavy atom. The number of benzene rings is 1. The first-order valence-corrected chi connectivity index (χ1v) is 6.86. The maximum atomic E-state index is 11.2. The Labute approximate surface area is 98.5 Å². The summed E-state index contributed by atoms with van der Waals surface area (Å²) in [6.07, 6.45) is 0.552. The van der Waals surface area contributed by atoms with E-state index >= 15 is 0 Å². The molecular weight excluding hydrogens is 254 g/mol. The molecule has 0 N–H and O–H groups in total. The zero-order chi connectivity index (χ0) is 11.6. The molecule has 0 radical (unpaired) electrons. The molecule has 0 bridgehead atoms. The second-order valence-electron chi connectivity index (χ2n) is 2.88. The van der Waals surface area contributed by atoms with Gasteiger partial charge in [-0.3, -0.25) is 0 Å². The third-order valence-electron chi connectivity index (χ3n) is 1.92. The summed E-state index contributed by atoms with van der Waals surface area (Å²) in [5.41, 5.74) is 0.731. The molecule has 0 aromatic heterocycles. The lowest BCUT2D eigenvalue weighted by molar-refractivity contribution is 0.609. The van der Waals surface area contributed by atoms with Gasteiger partial charge >= 0.3 is 0 Å². The normalized spacial score (nSPS) is 11.1. The van der Waals surface area contributed by atoms with Crippen LogP contribution in [0.1, 0.15) is 18.1 Å². The van der Waals surface area contributed by atoms with Gasteiger partial charge in [0, 0.05) is 15.6 Å². The van der Waals surface area contributed by atoms with Crippen molar-refractivity contribution in [2.75, 3.05) is 0 Å². The van der Waals surface area contributed by atoms with Gasteiger partial charge in [0.2, 0.25) is 0 Å². The Bertz CT molecular complexity index is 532. The summed E-state index contributed by atoms with van der Waals surface area (Å²) in [4.78, 5) is 0.307. The fourth-order valence-electron chi connectivity index (χ4n) is 1.26. The molecule has 1 aromatic carbocycles. The van der Waals surface area contributed by atoms with Crippen molar-refractivity contribution in [1.29, 1.82) is 5.26 Å². The van der Waals surface area contributed by atoms with Crippen molar-refractivity contribution in [3.8, 4) is 6.07 Å². The number of thiol groups is 1.